The lowest BCUT2D eigenvalue weighted by Gasteiger charge is -2.38. The minimum absolute atomic E-state index is 0.194. The minimum Gasteiger partial charge on any atom is -0.406 e. The van der Waals surface area contributed by atoms with Gasteiger partial charge >= 0.3 is 6.36 Å². The average Bonchev–Trinajstić information content (AvgIpc) is 2.78. The third-order valence-corrected chi connectivity index (χ3v) is 6.47. The van der Waals surface area contributed by atoms with Crippen molar-refractivity contribution in [2.75, 3.05) is 39.3 Å². The highest BCUT2D eigenvalue weighted by Crippen LogP contribution is 2.29. The van der Waals surface area contributed by atoms with Crippen LogP contribution < -0.4 is 4.74 Å². The van der Waals surface area contributed by atoms with E-state index in [9.17, 15) is 18.0 Å². The number of amides is 1. The molecule has 1 amide bonds. The molecule has 2 aliphatic rings. The topological polar surface area (TPSA) is 36.0 Å². The largest absolute Gasteiger partial charge is 0.573 e. The Hall–Kier alpha value is -2.58. The van der Waals surface area contributed by atoms with Crippen molar-refractivity contribution in [2.45, 2.75) is 39.2 Å². The quantitative estimate of drug-likeness (QED) is 0.670. The summed E-state index contributed by atoms with van der Waals surface area (Å²) in [4.78, 5) is 19.4. The molecule has 33 heavy (non-hydrogen) atoms. The maximum Gasteiger partial charge on any atom is 0.573 e. The summed E-state index contributed by atoms with van der Waals surface area (Å²) in [5.41, 5.74) is 4.21. The predicted molar refractivity (Wildman–Crippen MR) is 121 cm³/mol. The monoisotopic (exact) mass is 461 g/mol. The number of piperazine rings is 1. The van der Waals surface area contributed by atoms with Gasteiger partial charge in [-0.15, -0.1) is 13.2 Å². The molecule has 4 rings (SSSR count). The van der Waals surface area contributed by atoms with E-state index in [0.29, 0.717) is 12.6 Å². The van der Waals surface area contributed by atoms with Crippen LogP contribution in [0, 0.1) is 0 Å². The van der Waals surface area contributed by atoms with Gasteiger partial charge in [-0.05, 0) is 54.7 Å². The van der Waals surface area contributed by atoms with Crippen LogP contribution in [-0.4, -0.2) is 72.3 Å². The zero-order valence-corrected chi connectivity index (χ0v) is 19.1. The van der Waals surface area contributed by atoms with Gasteiger partial charge in [-0.25, -0.2) is 0 Å². The lowest BCUT2D eigenvalue weighted by atomic mass is 9.94. The average molecular weight is 462 g/mol. The fraction of sp³-hybridized carbons (Fsp3) is 0.480. The number of halogens is 3. The predicted octanol–water partition coefficient (Wildman–Crippen LogP) is 4.16. The first-order chi connectivity index (χ1) is 15.7. The molecule has 0 aliphatic carbocycles. The number of fused-ring (bicyclic) bond motifs is 1. The van der Waals surface area contributed by atoms with Crippen LogP contribution in [0.5, 0.6) is 5.75 Å². The summed E-state index contributed by atoms with van der Waals surface area (Å²) in [6, 6.07) is 12.6. The standard InChI is InChI=1S/C25H30F3N3O2/c1-18(2)30-11-13-31(14-12-30)24(32)17-29-10-9-21-15-20(3-4-22(21)16-29)19-5-7-23(8-6-19)33-25(26,27)28/h3-8,15,18H,9-14,16-17H2,1-2H3. The number of rotatable bonds is 5. The van der Waals surface area contributed by atoms with Crippen molar-refractivity contribution in [3.8, 4) is 16.9 Å². The molecule has 0 spiro atoms. The number of ether oxygens (including phenoxy) is 1. The Morgan fingerprint density at radius 1 is 0.939 bits per heavy atom. The SMILES string of the molecule is CC(C)N1CCN(C(=O)CN2CCc3cc(-c4ccc(OC(F)(F)F)cc4)ccc3C2)CC1. The van der Waals surface area contributed by atoms with Gasteiger partial charge in [0, 0.05) is 45.3 Å². The van der Waals surface area contributed by atoms with E-state index in [1.165, 1.54) is 23.3 Å². The van der Waals surface area contributed by atoms with Crippen molar-refractivity contribution in [1.82, 2.24) is 14.7 Å². The highest BCUT2D eigenvalue weighted by molar-refractivity contribution is 5.78. The van der Waals surface area contributed by atoms with E-state index >= 15 is 0 Å². The number of carbonyl (C=O) groups excluding carboxylic acids is 1. The third kappa shape index (κ3) is 6.06. The van der Waals surface area contributed by atoms with E-state index in [4.69, 9.17) is 0 Å². The summed E-state index contributed by atoms with van der Waals surface area (Å²) in [5.74, 6) is -0.0326. The molecule has 0 radical (unpaired) electrons. The van der Waals surface area contributed by atoms with Crippen LogP contribution in [0.15, 0.2) is 42.5 Å². The van der Waals surface area contributed by atoms with Crippen LogP contribution in [0.3, 0.4) is 0 Å². The van der Waals surface area contributed by atoms with Gasteiger partial charge in [0.25, 0.3) is 0 Å². The molecule has 1 fully saturated rings. The molecule has 2 aliphatic heterocycles. The molecule has 2 heterocycles. The fourth-order valence-electron chi connectivity index (χ4n) is 4.55. The van der Waals surface area contributed by atoms with Crippen LogP contribution in [0.4, 0.5) is 13.2 Å². The molecular formula is C25H30F3N3O2. The van der Waals surface area contributed by atoms with Gasteiger partial charge in [0.05, 0.1) is 6.54 Å². The maximum atomic E-state index is 12.8. The van der Waals surface area contributed by atoms with Gasteiger partial charge in [0.1, 0.15) is 5.75 Å². The smallest absolute Gasteiger partial charge is 0.406 e. The number of benzene rings is 2. The number of nitrogens with zero attached hydrogens (tertiary/aromatic N) is 3. The molecule has 0 atom stereocenters. The molecule has 0 bridgehead atoms. The Kier molecular flexibility index (Phi) is 6.95. The van der Waals surface area contributed by atoms with Crippen molar-refractivity contribution in [2.24, 2.45) is 0 Å². The molecule has 8 heteroatoms. The summed E-state index contributed by atoms with van der Waals surface area (Å²) in [6.45, 7) is 9.78. The van der Waals surface area contributed by atoms with E-state index in [-0.39, 0.29) is 11.7 Å². The molecule has 2 aromatic carbocycles. The summed E-state index contributed by atoms with van der Waals surface area (Å²) >= 11 is 0. The maximum absolute atomic E-state index is 12.8. The number of hydrogen-bond acceptors (Lipinski definition) is 4. The van der Waals surface area contributed by atoms with E-state index < -0.39 is 6.36 Å². The normalized spacial score (nSPS) is 17.8. The van der Waals surface area contributed by atoms with Crippen LogP contribution in [0.1, 0.15) is 25.0 Å². The molecule has 0 N–H and O–H groups in total. The van der Waals surface area contributed by atoms with Crippen LogP contribution in [0.2, 0.25) is 0 Å². The second-order valence-corrected chi connectivity index (χ2v) is 9.03. The Labute approximate surface area is 192 Å². The van der Waals surface area contributed by atoms with Gasteiger partial charge in [-0.3, -0.25) is 14.6 Å². The lowest BCUT2D eigenvalue weighted by molar-refractivity contribution is -0.274. The summed E-state index contributed by atoms with van der Waals surface area (Å²) < 4.78 is 41.0. The number of hydrogen-bond donors (Lipinski definition) is 0. The van der Waals surface area contributed by atoms with Gasteiger partial charge in [0.15, 0.2) is 0 Å². The molecule has 0 saturated carbocycles. The van der Waals surface area contributed by atoms with E-state index in [1.54, 1.807) is 12.1 Å². The molecule has 1 saturated heterocycles. The van der Waals surface area contributed by atoms with Crippen molar-refractivity contribution >= 4 is 5.91 Å². The van der Waals surface area contributed by atoms with Crippen LogP contribution >= 0.6 is 0 Å². The van der Waals surface area contributed by atoms with Gasteiger partial charge < -0.3 is 9.64 Å². The highest BCUT2D eigenvalue weighted by Gasteiger charge is 2.31. The second-order valence-electron chi connectivity index (χ2n) is 9.03. The first kappa shape index (κ1) is 23.6. The summed E-state index contributed by atoms with van der Waals surface area (Å²) in [6.07, 6.45) is -3.85. The first-order valence-electron chi connectivity index (χ1n) is 11.4. The van der Waals surface area contributed by atoms with E-state index in [2.05, 4.69) is 40.5 Å². The second kappa shape index (κ2) is 9.73. The van der Waals surface area contributed by atoms with Crippen molar-refractivity contribution in [3.63, 3.8) is 0 Å². The Bertz CT molecular complexity index is 968. The molecule has 0 unspecified atom stereocenters. The zero-order valence-electron chi connectivity index (χ0n) is 19.1. The van der Waals surface area contributed by atoms with Crippen molar-refractivity contribution < 1.29 is 22.7 Å². The van der Waals surface area contributed by atoms with Crippen LogP contribution in [0.25, 0.3) is 11.1 Å². The Morgan fingerprint density at radius 3 is 2.24 bits per heavy atom. The molecule has 0 aromatic heterocycles. The molecule has 178 valence electrons. The van der Waals surface area contributed by atoms with E-state index in [1.807, 2.05) is 11.0 Å². The fourth-order valence-corrected chi connectivity index (χ4v) is 4.55. The van der Waals surface area contributed by atoms with Crippen LogP contribution in [-0.2, 0) is 17.8 Å². The summed E-state index contributed by atoms with van der Waals surface area (Å²) in [5, 5.41) is 0. The summed E-state index contributed by atoms with van der Waals surface area (Å²) in [7, 11) is 0. The Morgan fingerprint density at radius 2 is 1.61 bits per heavy atom. The molecule has 5 nitrogen and oxygen atoms in total. The van der Waals surface area contributed by atoms with Gasteiger partial charge in [-0.1, -0.05) is 30.3 Å². The van der Waals surface area contributed by atoms with Gasteiger partial charge in [0.2, 0.25) is 5.91 Å². The van der Waals surface area contributed by atoms with Crippen molar-refractivity contribution in [3.05, 3.63) is 53.6 Å². The zero-order chi connectivity index (χ0) is 23.6. The van der Waals surface area contributed by atoms with Gasteiger partial charge in [-0.2, -0.15) is 0 Å². The molecule has 2 aromatic rings. The highest BCUT2D eigenvalue weighted by atomic mass is 19.4. The van der Waals surface area contributed by atoms with Crippen molar-refractivity contribution in [1.29, 1.82) is 0 Å². The first-order valence-corrected chi connectivity index (χ1v) is 11.4. The third-order valence-electron chi connectivity index (χ3n) is 6.47. The lowest BCUT2D eigenvalue weighted by Crippen LogP contribution is -2.53. The number of carbonyl (C=O) groups is 1. The minimum atomic E-state index is -4.69. The number of alkyl halides is 3. The Balaban J connectivity index is 1.34. The van der Waals surface area contributed by atoms with E-state index in [0.717, 1.165) is 56.8 Å². The molecular weight excluding hydrogens is 431 g/mol.